The minimum atomic E-state index is -3.44. The normalized spacial score (nSPS) is 11.4. The summed E-state index contributed by atoms with van der Waals surface area (Å²) in [5.74, 6) is 1.26. The number of ether oxygens (including phenoxy) is 1. The Morgan fingerprint density at radius 1 is 1.07 bits per heavy atom. The van der Waals surface area contributed by atoms with E-state index >= 15 is 0 Å². The molecule has 0 saturated heterocycles. The molecule has 0 aliphatic heterocycles. The topological polar surface area (TPSA) is 75.7 Å². The van der Waals surface area contributed by atoms with Crippen LogP contribution in [-0.2, 0) is 14.8 Å². The van der Waals surface area contributed by atoms with Gasteiger partial charge in [0.25, 0.3) is 0 Å². The van der Waals surface area contributed by atoms with Crippen molar-refractivity contribution in [3.05, 3.63) is 54.1 Å². The number of hydrogen-bond acceptors (Lipinski definition) is 5. The molecule has 0 fully saturated rings. The summed E-state index contributed by atoms with van der Waals surface area (Å²) in [4.78, 5) is 13.2. The van der Waals surface area contributed by atoms with E-state index in [9.17, 15) is 13.2 Å². The quantitative estimate of drug-likeness (QED) is 0.471. The Morgan fingerprint density at radius 2 is 1.71 bits per heavy atom. The molecule has 0 aliphatic carbocycles. The minimum absolute atomic E-state index is 0.0179. The number of benzene rings is 2. The second-order valence-electron chi connectivity index (χ2n) is 6.37. The molecule has 0 heterocycles. The fraction of sp³-hybridized carbons (Fsp3) is 0.350. The lowest BCUT2D eigenvalue weighted by atomic mass is 10.2. The number of carbonyl (C=O) groups is 1. The van der Waals surface area contributed by atoms with Crippen molar-refractivity contribution in [3.63, 3.8) is 0 Å². The predicted molar refractivity (Wildman–Crippen MR) is 112 cm³/mol. The van der Waals surface area contributed by atoms with Gasteiger partial charge >= 0.3 is 0 Å². The Bertz CT molecular complexity index is 864. The van der Waals surface area contributed by atoms with Gasteiger partial charge in [0.15, 0.2) is 0 Å². The summed E-state index contributed by atoms with van der Waals surface area (Å²) in [6.45, 7) is 2.76. The maximum absolute atomic E-state index is 12.0. The maximum Gasteiger partial charge on any atom is 0.242 e. The van der Waals surface area contributed by atoms with Gasteiger partial charge in [-0.3, -0.25) is 4.79 Å². The number of amides is 1. The molecule has 1 N–H and O–H groups in total. The highest BCUT2D eigenvalue weighted by Crippen LogP contribution is 2.19. The Kier molecular flexibility index (Phi) is 8.35. The van der Waals surface area contributed by atoms with Gasteiger partial charge in [-0.05, 0) is 43.3 Å². The van der Waals surface area contributed by atoms with Gasteiger partial charge in [0.05, 0.1) is 11.4 Å². The van der Waals surface area contributed by atoms with Crippen LogP contribution in [0.5, 0.6) is 5.75 Å². The van der Waals surface area contributed by atoms with E-state index in [1.54, 1.807) is 23.9 Å². The molecule has 0 radical (unpaired) electrons. The smallest absolute Gasteiger partial charge is 0.242 e. The van der Waals surface area contributed by atoms with Crippen LogP contribution in [0.4, 0.5) is 0 Å². The van der Waals surface area contributed by atoms with E-state index in [4.69, 9.17) is 4.74 Å². The van der Waals surface area contributed by atoms with Gasteiger partial charge in [-0.25, -0.2) is 12.7 Å². The molecule has 0 saturated carbocycles. The molecule has 0 bridgehead atoms. The van der Waals surface area contributed by atoms with Crippen molar-refractivity contribution in [3.8, 4) is 5.75 Å². The molecule has 8 heteroatoms. The van der Waals surface area contributed by atoms with Crippen molar-refractivity contribution < 1.29 is 17.9 Å². The molecule has 0 atom stereocenters. The first-order valence-electron chi connectivity index (χ1n) is 8.90. The average Bonchev–Trinajstić information content (AvgIpc) is 2.67. The first-order chi connectivity index (χ1) is 13.3. The van der Waals surface area contributed by atoms with Gasteiger partial charge in [0.2, 0.25) is 15.9 Å². The van der Waals surface area contributed by atoms with Crippen LogP contribution in [0.15, 0.2) is 58.3 Å². The van der Waals surface area contributed by atoms with Crippen LogP contribution < -0.4 is 10.1 Å². The average molecular weight is 423 g/mol. The van der Waals surface area contributed by atoms with Gasteiger partial charge < -0.3 is 10.1 Å². The summed E-state index contributed by atoms with van der Waals surface area (Å²) < 4.78 is 30.7. The zero-order chi connectivity index (χ0) is 20.6. The van der Waals surface area contributed by atoms with Crippen molar-refractivity contribution in [1.82, 2.24) is 9.62 Å². The van der Waals surface area contributed by atoms with Crippen LogP contribution in [0, 0.1) is 6.92 Å². The Morgan fingerprint density at radius 3 is 2.32 bits per heavy atom. The number of aryl methyl sites for hydroxylation is 1. The molecule has 152 valence electrons. The third kappa shape index (κ3) is 6.85. The van der Waals surface area contributed by atoms with Crippen molar-refractivity contribution in [1.29, 1.82) is 0 Å². The second kappa shape index (κ2) is 10.5. The van der Waals surface area contributed by atoms with Crippen LogP contribution in [0.3, 0.4) is 0 Å². The number of hydrogen-bond donors (Lipinski definition) is 1. The van der Waals surface area contributed by atoms with E-state index in [1.807, 2.05) is 6.92 Å². The minimum Gasteiger partial charge on any atom is -0.492 e. The number of nitrogens with one attached hydrogen (secondary N) is 1. The van der Waals surface area contributed by atoms with Crippen LogP contribution >= 0.6 is 11.8 Å². The molecule has 0 aromatic heterocycles. The Labute approximate surface area is 171 Å². The Balaban J connectivity index is 1.65. The molecule has 0 unspecified atom stereocenters. The molecule has 0 spiro atoms. The summed E-state index contributed by atoms with van der Waals surface area (Å²) >= 11 is 1.65. The molecule has 28 heavy (non-hydrogen) atoms. The zero-order valence-corrected chi connectivity index (χ0v) is 18.0. The number of sulfonamides is 1. The fourth-order valence-electron chi connectivity index (χ4n) is 2.26. The highest BCUT2D eigenvalue weighted by Gasteiger charge is 2.16. The highest BCUT2D eigenvalue weighted by atomic mass is 32.2. The van der Waals surface area contributed by atoms with Gasteiger partial charge in [0.1, 0.15) is 12.4 Å². The number of carbonyl (C=O) groups excluding carboxylic acids is 1. The van der Waals surface area contributed by atoms with Crippen LogP contribution in [0.25, 0.3) is 0 Å². The second-order valence-corrected chi connectivity index (χ2v) is 9.69. The van der Waals surface area contributed by atoms with E-state index in [-0.39, 0.29) is 10.8 Å². The molecule has 2 aromatic rings. The van der Waals surface area contributed by atoms with Gasteiger partial charge in [-0.15, -0.1) is 11.8 Å². The fourth-order valence-corrected chi connectivity index (χ4v) is 4.02. The van der Waals surface area contributed by atoms with Gasteiger partial charge in [-0.2, -0.15) is 0 Å². The summed E-state index contributed by atoms with van der Waals surface area (Å²) in [6, 6.07) is 14.5. The van der Waals surface area contributed by atoms with E-state index in [0.29, 0.717) is 25.3 Å². The third-order valence-corrected chi connectivity index (χ3v) is 6.76. The number of nitrogens with zero attached hydrogens (tertiary/aromatic N) is 1. The van der Waals surface area contributed by atoms with Crippen LogP contribution in [-0.4, -0.2) is 51.6 Å². The lowest BCUT2D eigenvalue weighted by Gasteiger charge is -2.12. The lowest BCUT2D eigenvalue weighted by molar-refractivity contribution is -0.120. The first kappa shape index (κ1) is 22.3. The van der Waals surface area contributed by atoms with Crippen molar-refractivity contribution in [2.24, 2.45) is 0 Å². The number of rotatable bonds is 10. The standard InChI is InChI=1S/C20H26N2O4S2/c1-16-4-8-18(9-5-16)27-15-12-20(23)21-13-14-26-17-6-10-19(11-7-17)28(24,25)22(2)3/h4-11H,12-15H2,1-3H3,(H,21,23). The molecule has 0 aliphatic rings. The zero-order valence-electron chi connectivity index (χ0n) is 16.3. The first-order valence-corrected chi connectivity index (χ1v) is 11.3. The molecular formula is C20H26N2O4S2. The molecule has 1 amide bonds. The Hall–Kier alpha value is -2.03. The summed E-state index contributed by atoms with van der Waals surface area (Å²) in [5.41, 5.74) is 1.22. The van der Waals surface area contributed by atoms with Crippen LogP contribution in [0.1, 0.15) is 12.0 Å². The monoisotopic (exact) mass is 422 g/mol. The van der Waals surface area contributed by atoms with Crippen LogP contribution in [0.2, 0.25) is 0 Å². The predicted octanol–water partition coefficient (Wildman–Crippen LogP) is 2.92. The number of thioether (sulfide) groups is 1. The van der Waals surface area contributed by atoms with Crippen molar-refractivity contribution in [2.45, 2.75) is 23.1 Å². The summed E-state index contributed by atoms with van der Waals surface area (Å²) in [5, 5.41) is 2.82. The van der Waals surface area contributed by atoms with Crippen molar-refractivity contribution in [2.75, 3.05) is 33.0 Å². The van der Waals surface area contributed by atoms with E-state index in [1.165, 1.54) is 31.8 Å². The SMILES string of the molecule is Cc1ccc(SCCC(=O)NCCOc2ccc(S(=O)(=O)N(C)C)cc2)cc1. The third-order valence-electron chi connectivity index (χ3n) is 3.91. The largest absolute Gasteiger partial charge is 0.492 e. The van der Waals surface area contributed by atoms with E-state index < -0.39 is 10.0 Å². The highest BCUT2D eigenvalue weighted by molar-refractivity contribution is 7.99. The molecule has 6 nitrogen and oxygen atoms in total. The maximum atomic E-state index is 12.0. The van der Waals surface area contributed by atoms with E-state index in [0.717, 1.165) is 15.0 Å². The van der Waals surface area contributed by atoms with E-state index in [2.05, 4.69) is 29.6 Å². The molecular weight excluding hydrogens is 396 g/mol. The lowest BCUT2D eigenvalue weighted by Crippen LogP contribution is -2.28. The van der Waals surface area contributed by atoms with Gasteiger partial charge in [-0.1, -0.05) is 17.7 Å². The van der Waals surface area contributed by atoms with Crippen molar-refractivity contribution >= 4 is 27.7 Å². The molecule has 2 aromatic carbocycles. The summed E-state index contributed by atoms with van der Waals surface area (Å²) in [7, 11) is -0.467. The van der Waals surface area contributed by atoms with Gasteiger partial charge in [0, 0.05) is 31.2 Å². The molecule has 2 rings (SSSR count). The summed E-state index contributed by atoms with van der Waals surface area (Å²) in [6.07, 6.45) is 0.440.